The van der Waals surface area contributed by atoms with Gasteiger partial charge in [0.15, 0.2) is 0 Å². The Morgan fingerprint density at radius 3 is 2.32 bits per heavy atom. The summed E-state index contributed by atoms with van der Waals surface area (Å²) in [7, 11) is 1.61. The Hall–Kier alpha value is -2.77. The maximum Gasteiger partial charge on any atom is 0.409 e. The zero-order valence-corrected chi connectivity index (χ0v) is 16.4. The van der Waals surface area contributed by atoms with Gasteiger partial charge in [-0.2, -0.15) is 0 Å². The molecule has 8 heteroatoms. The van der Waals surface area contributed by atoms with E-state index >= 15 is 0 Å². The topological polar surface area (TPSA) is 79.4 Å². The molecule has 3 rings (SSSR count). The Labute approximate surface area is 165 Å². The van der Waals surface area contributed by atoms with Crippen LogP contribution >= 0.6 is 0 Å². The quantitative estimate of drug-likeness (QED) is 0.759. The highest BCUT2D eigenvalue weighted by Gasteiger charge is 2.37. The molecule has 2 saturated heterocycles. The van der Waals surface area contributed by atoms with Crippen molar-refractivity contribution in [2.75, 3.05) is 46.4 Å². The van der Waals surface area contributed by atoms with Crippen molar-refractivity contribution in [2.45, 2.75) is 19.9 Å². The minimum atomic E-state index is -0.337. The molecule has 1 atom stereocenters. The van der Waals surface area contributed by atoms with Crippen molar-refractivity contribution in [3.05, 3.63) is 29.8 Å². The van der Waals surface area contributed by atoms with E-state index in [2.05, 4.69) is 0 Å². The standard InChI is InChI=1S/C20H27N3O5/c1-3-28-20(26)22-10-8-21(9-11-22)19(25)16-12-18(24)23(14-16)13-15-4-6-17(27-2)7-5-15/h4-7,16H,3,8-14H2,1-2H3/t16-/m1/s1. The number of hydrogen-bond acceptors (Lipinski definition) is 5. The summed E-state index contributed by atoms with van der Waals surface area (Å²) in [5, 5.41) is 0. The Bertz CT molecular complexity index is 713. The molecule has 0 radical (unpaired) electrons. The van der Waals surface area contributed by atoms with Crippen LogP contribution in [0.5, 0.6) is 5.75 Å². The zero-order valence-electron chi connectivity index (χ0n) is 16.4. The molecule has 1 aromatic carbocycles. The second-order valence-corrected chi connectivity index (χ2v) is 7.03. The molecule has 0 unspecified atom stereocenters. The first-order valence-electron chi connectivity index (χ1n) is 9.63. The van der Waals surface area contributed by atoms with Gasteiger partial charge in [0, 0.05) is 45.7 Å². The molecule has 0 saturated carbocycles. The lowest BCUT2D eigenvalue weighted by atomic mass is 10.1. The number of rotatable bonds is 5. The number of nitrogens with zero attached hydrogens (tertiary/aromatic N) is 3. The molecule has 0 N–H and O–H groups in total. The molecule has 152 valence electrons. The van der Waals surface area contributed by atoms with Gasteiger partial charge in [-0.15, -0.1) is 0 Å². The lowest BCUT2D eigenvalue weighted by Gasteiger charge is -2.35. The molecule has 2 aliphatic heterocycles. The molecule has 3 amide bonds. The van der Waals surface area contributed by atoms with E-state index in [9.17, 15) is 14.4 Å². The van der Waals surface area contributed by atoms with Crippen molar-refractivity contribution in [3.8, 4) is 5.75 Å². The van der Waals surface area contributed by atoms with E-state index in [0.29, 0.717) is 45.9 Å². The summed E-state index contributed by atoms with van der Waals surface area (Å²) in [4.78, 5) is 42.1. The minimum Gasteiger partial charge on any atom is -0.497 e. The van der Waals surface area contributed by atoms with Crippen LogP contribution in [0.25, 0.3) is 0 Å². The van der Waals surface area contributed by atoms with Crippen LogP contribution in [0.2, 0.25) is 0 Å². The Kier molecular flexibility index (Phi) is 6.38. The fraction of sp³-hybridized carbons (Fsp3) is 0.550. The monoisotopic (exact) mass is 389 g/mol. The fourth-order valence-electron chi connectivity index (χ4n) is 3.62. The largest absolute Gasteiger partial charge is 0.497 e. The number of benzene rings is 1. The first kappa shape index (κ1) is 20.0. The van der Waals surface area contributed by atoms with Crippen molar-refractivity contribution in [2.24, 2.45) is 5.92 Å². The Morgan fingerprint density at radius 1 is 1.07 bits per heavy atom. The van der Waals surface area contributed by atoms with Crippen LogP contribution in [0.1, 0.15) is 18.9 Å². The van der Waals surface area contributed by atoms with Gasteiger partial charge in [0.2, 0.25) is 11.8 Å². The maximum atomic E-state index is 12.8. The molecule has 1 aromatic rings. The minimum absolute atomic E-state index is 0.000623. The predicted molar refractivity (Wildman–Crippen MR) is 102 cm³/mol. The zero-order chi connectivity index (χ0) is 20.1. The molecular formula is C20H27N3O5. The summed E-state index contributed by atoms with van der Waals surface area (Å²) in [5.74, 6) is 0.444. The van der Waals surface area contributed by atoms with Crippen molar-refractivity contribution in [3.63, 3.8) is 0 Å². The smallest absolute Gasteiger partial charge is 0.409 e. The van der Waals surface area contributed by atoms with Gasteiger partial charge in [-0.25, -0.2) is 4.79 Å². The van der Waals surface area contributed by atoms with E-state index in [0.717, 1.165) is 11.3 Å². The van der Waals surface area contributed by atoms with E-state index in [-0.39, 0.29) is 30.2 Å². The molecule has 28 heavy (non-hydrogen) atoms. The average molecular weight is 389 g/mol. The first-order chi connectivity index (χ1) is 13.5. The number of ether oxygens (including phenoxy) is 2. The van der Waals surface area contributed by atoms with E-state index in [1.54, 1.807) is 28.7 Å². The molecule has 2 aliphatic rings. The number of methoxy groups -OCH3 is 1. The van der Waals surface area contributed by atoms with Gasteiger partial charge < -0.3 is 24.2 Å². The fourth-order valence-corrected chi connectivity index (χ4v) is 3.62. The number of piperazine rings is 1. The van der Waals surface area contributed by atoms with Crippen LogP contribution in [-0.2, 0) is 20.9 Å². The molecular weight excluding hydrogens is 362 g/mol. The lowest BCUT2D eigenvalue weighted by Crippen LogP contribution is -2.52. The molecule has 0 aliphatic carbocycles. The highest BCUT2D eigenvalue weighted by Crippen LogP contribution is 2.23. The number of hydrogen-bond donors (Lipinski definition) is 0. The highest BCUT2D eigenvalue weighted by atomic mass is 16.6. The third-order valence-corrected chi connectivity index (χ3v) is 5.21. The molecule has 2 fully saturated rings. The van der Waals surface area contributed by atoms with Crippen molar-refractivity contribution in [1.82, 2.24) is 14.7 Å². The second-order valence-electron chi connectivity index (χ2n) is 7.03. The third-order valence-electron chi connectivity index (χ3n) is 5.21. The van der Waals surface area contributed by atoms with Gasteiger partial charge in [-0.05, 0) is 24.6 Å². The van der Waals surface area contributed by atoms with Crippen LogP contribution in [0.3, 0.4) is 0 Å². The van der Waals surface area contributed by atoms with Crippen LogP contribution in [0.15, 0.2) is 24.3 Å². The van der Waals surface area contributed by atoms with Gasteiger partial charge in [0.1, 0.15) is 5.75 Å². The number of carbonyl (C=O) groups is 3. The molecule has 2 heterocycles. The molecule has 8 nitrogen and oxygen atoms in total. The van der Waals surface area contributed by atoms with Crippen LogP contribution in [0.4, 0.5) is 4.79 Å². The van der Waals surface area contributed by atoms with Gasteiger partial charge in [0.25, 0.3) is 0 Å². The van der Waals surface area contributed by atoms with Gasteiger partial charge in [0.05, 0.1) is 19.6 Å². The van der Waals surface area contributed by atoms with Crippen LogP contribution < -0.4 is 4.74 Å². The van der Waals surface area contributed by atoms with Crippen molar-refractivity contribution in [1.29, 1.82) is 0 Å². The Morgan fingerprint density at radius 2 is 1.71 bits per heavy atom. The number of likely N-dealkylation sites (tertiary alicyclic amines) is 1. The van der Waals surface area contributed by atoms with Gasteiger partial charge in [-0.1, -0.05) is 12.1 Å². The summed E-state index contributed by atoms with van der Waals surface area (Å²) in [6, 6.07) is 7.58. The predicted octanol–water partition coefficient (Wildman–Crippen LogP) is 1.34. The number of carbonyl (C=O) groups excluding carboxylic acids is 3. The molecule has 0 aromatic heterocycles. The summed E-state index contributed by atoms with van der Waals surface area (Å²) in [6.07, 6.45) is -0.0936. The molecule has 0 spiro atoms. The van der Waals surface area contributed by atoms with Gasteiger partial charge >= 0.3 is 6.09 Å². The van der Waals surface area contributed by atoms with Gasteiger partial charge in [-0.3, -0.25) is 9.59 Å². The van der Waals surface area contributed by atoms with E-state index in [1.165, 1.54) is 0 Å². The summed E-state index contributed by atoms with van der Waals surface area (Å²) in [5.41, 5.74) is 1.00. The van der Waals surface area contributed by atoms with E-state index < -0.39 is 0 Å². The van der Waals surface area contributed by atoms with Crippen molar-refractivity contribution >= 4 is 17.9 Å². The van der Waals surface area contributed by atoms with Crippen LogP contribution in [-0.4, -0.2) is 79.0 Å². The van der Waals surface area contributed by atoms with Crippen molar-refractivity contribution < 1.29 is 23.9 Å². The molecule has 0 bridgehead atoms. The normalized spacial score (nSPS) is 19.7. The second kappa shape index (κ2) is 8.95. The first-order valence-corrected chi connectivity index (χ1v) is 9.63. The highest BCUT2D eigenvalue weighted by molar-refractivity contribution is 5.89. The SMILES string of the molecule is CCOC(=O)N1CCN(C(=O)[C@@H]2CC(=O)N(Cc3ccc(OC)cc3)C2)CC1. The average Bonchev–Trinajstić information content (AvgIpc) is 3.08. The summed E-state index contributed by atoms with van der Waals surface area (Å²) in [6.45, 7) is 4.90. The van der Waals surface area contributed by atoms with E-state index in [4.69, 9.17) is 9.47 Å². The third kappa shape index (κ3) is 4.55. The van der Waals surface area contributed by atoms with E-state index in [1.807, 2.05) is 24.3 Å². The van der Waals surface area contributed by atoms with Crippen LogP contribution in [0, 0.1) is 5.92 Å². The maximum absolute atomic E-state index is 12.8. The summed E-state index contributed by atoms with van der Waals surface area (Å²) >= 11 is 0. The summed E-state index contributed by atoms with van der Waals surface area (Å²) < 4.78 is 10.1. The lowest BCUT2D eigenvalue weighted by molar-refractivity contribution is -0.137. The number of amides is 3. The Balaban J connectivity index is 1.51.